The molecule has 98 valence electrons. The molecular weight excluding hydrogens is 230 g/mol. The van der Waals surface area contributed by atoms with Crippen molar-refractivity contribution in [3.05, 3.63) is 29.8 Å². The number of carbonyl (C=O) groups is 1. The van der Waals surface area contributed by atoms with Crippen LogP contribution in [0.15, 0.2) is 24.3 Å². The second-order valence-corrected chi connectivity index (χ2v) is 4.32. The number of benzene rings is 1. The summed E-state index contributed by atoms with van der Waals surface area (Å²) in [6.45, 7) is 4.50. The van der Waals surface area contributed by atoms with E-state index in [-0.39, 0.29) is 0 Å². The van der Waals surface area contributed by atoms with Crippen LogP contribution >= 0.6 is 0 Å². The number of nitrogens with one attached hydrogen (secondary N) is 1. The molecule has 5 nitrogen and oxygen atoms in total. The lowest BCUT2D eigenvalue weighted by molar-refractivity contribution is 0.158. The Morgan fingerprint density at radius 2 is 1.94 bits per heavy atom. The lowest BCUT2D eigenvalue weighted by Gasteiger charge is -2.29. The summed E-state index contributed by atoms with van der Waals surface area (Å²) in [5, 5.41) is 3.33. The average Bonchev–Trinajstić information content (AvgIpc) is 2.40. The number of hydrogen-bond donors (Lipinski definition) is 2. The second-order valence-electron chi connectivity index (χ2n) is 4.32. The van der Waals surface area contributed by atoms with E-state index >= 15 is 0 Å². The van der Waals surface area contributed by atoms with E-state index in [9.17, 15) is 4.79 Å². The highest BCUT2D eigenvalue weighted by molar-refractivity contribution is 5.64. The highest BCUT2D eigenvalue weighted by Crippen LogP contribution is 2.16. The minimum atomic E-state index is -0.715. The van der Waals surface area contributed by atoms with Crippen LogP contribution in [0.4, 0.5) is 10.5 Å². The smallest absolute Gasteiger partial charge is 0.404 e. The molecule has 0 spiro atoms. The molecule has 1 aromatic rings. The van der Waals surface area contributed by atoms with Gasteiger partial charge in [0.1, 0.15) is 0 Å². The number of carbonyl (C=O) groups excluding carboxylic acids is 1. The fourth-order valence-electron chi connectivity index (χ4n) is 2.07. The zero-order valence-electron chi connectivity index (χ0n) is 10.4. The molecule has 1 aliphatic heterocycles. The fraction of sp³-hybridized carbons (Fsp3) is 0.462. The van der Waals surface area contributed by atoms with Gasteiger partial charge in [-0.1, -0.05) is 12.1 Å². The molecule has 0 radical (unpaired) electrons. The van der Waals surface area contributed by atoms with Gasteiger partial charge >= 0.3 is 6.09 Å². The van der Waals surface area contributed by atoms with Gasteiger partial charge in [0.2, 0.25) is 0 Å². The van der Waals surface area contributed by atoms with Gasteiger partial charge in [0.15, 0.2) is 0 Å². The van der Waals surface area contributed by atoms with Crippen LogP contribution in [0.2, 0.25) is 0 Å². The van der Waals surface area contributed by atoms with E-state index in [0.717, 1.165) is 31.7 Å². The maximum Gasteiger partial charge on any atom is 0.404 e. The van der Waals surface area contributed by atoms with Crippen LogP contribution in [0.25, 0.3) is 0 Å². The summed E-state index contributed by atoms with van der Waals surface area (Å²) < 4.78 is 4.71. The highest BCUT2D eigenvalue weighted by atomic mass is 16.5. The third kappa shape index (κ3) is 3.63. The molecule has 1 fully saturated rings. The molecule has 0 aromatic heterocycles. The Balaban J connectivity index is 1.86. The van der Waals surface area contributed by atoms with Gasteiger partial charge in [-0.2, -0.15) is 0 Å². The van der Waals surface area contributed by atoms with Crippen LogP contribution in [0.3, 0.4) is 0 Å². The highest BCUT2D eigenvalue weighted by Gasteiger charge is 2.09. The van der Waals surface area contributed by atoms with Crippen molar-refractivity contribution in [2.75, 3.05) is 37.7 Å². The maximum atomic E-state index is 10.4. The minimum Gasteiger partial charge on any atom is -0.449 e. The minimum absolute atomic E-state index is 0.336. The van der Waals surface area contributed by atoms with Gasteiger partial charge in [0, 0.05) is 38.3 Å². The van der Waals surface area contributed by atoms with Gasteiger partial charge in [0.25, 0.3) is 0 Å². The second kappa shape index (κ2) is 6.26. The van der Waals surface area contributed by atoms with Crippen molar-refractivity contribution in [1.82, 2.24) is 5.32 Å². The molecule has 0 aliphatic carbocycles. The summed E-state index contributed by atoms with van der Waals surface area (Å²) in [5.41, 5.74) is 7.30. The maximum absolute atomic E-state index is 10.4. The standard InChI is InChI=1S/C13H19N3O2/c14-13(17)18-10-5-11-1-3-12(4-2-11)16-8-6-15-7-9-16/h1-4,15H,5-10H2,(H2,14,17). The van der Waals surface area contributed by atoms with Crippen LogP contribution in [0.5, 0.6) is 0 Å². The van der Waals surface area contributed by atoms with Crippen molar-refractivity contribution in [3.8, 4) is 0 Å². The number of piperazine rings is 1. The molecule has 1 saturated heterocycles. The van der Waals surface area contributed by atoms with E-state index in [1.54, 1.807) is 0 Å². The molecule has 1 aliphatic rings. The molecule has 5 heteroatoms. The first-order valence-corrected chi connectivity index (χ1v) is 6.22. The summed E-state index contributed by atoms with van der Waals surface area (Å²) in [6.07, 6.45) is -0.0162. The Hall–Kier alpha value is -1.75. The number of primary amides is 1. The Morgan fingerprint density at radius 3 is 2.56 bits per heavy atom. The first-order chi connectivity index (χ1) is 8.75. The molecule has 2 rings (SSSR count). The molecule has 18 heavy (non-hydrogen) atoms. The van der Waals surface area contributed by atoms with Gasteiger partial charge in [0.05, 0.1) is 6.61 Å². The quantitative estimate of drug-likeness (QED) is 0.825. The van der Waals surface area contributed by atoms with Gasteiger partial charge in [-0.3, -0.25) is 0 Å². The molecule has 0 bridgehead atoms. The zero-order chi connectivity index (χ0) is 12.8. The average molecular weight is 249 g/mol. The van der Waals surface area contributed by atoms with Crippen molar-refractivity contribution in [2.45, 2.75) is 6.42 Å². The molecular formula is C13H19N3O2. The number of ether oxygens (including phenoxy) is 1. The number of rotatable bonds is 4. The summed E-state index contributed by atoms with van der Waals surface area (Å²) in [7, 11) is 0. The molecule has 1 aromatic carbocycles. The van der Waals surface area contributed by atoms with Crippen molar-refractivity contribution in [2.24, 2.45) is 5.73 Å². The molecule has 3 N–H and O–H groups in total. The molecule has 0 saturated carbocycles. The molecule has 0 unspecified atom stereocenters. The van der Waals surface area contributed by atoms with E-state index in [1.807, 2.05) is 0 Å². The summed E-state index contributed by atoms with van der Waals surface area (Å²) in [4.78, 5) is 12.8. The normalized spacial score (nSPS) is 15.4. The number of nitrogens with zero attached hydrogens (tertiary/aromatic N) is 1. The summed E-state index contributed by atoms with van der Waals surface area (Å²) in [5.74, 6) is 0. The third-order valence-electron chi connectivity index (χ3n) is 3.05. The fourth-order valence-corrected chi connectivity index (χ4v) is 2.07. The van der Waals surface area contributed by atoms with E-state index in [2.05, 4.69) is 34.5 Å². The van der Waals surface area contributed by atoms with Crippen LogP contribution in [-0.4, -0.2) is 38.9 Å². The topological polar surface area (TPSA) is 67.6 Å². The number of anilines is 1. The lowest BCUT2D eigenvalue weighted by atomic mass is 10.1. The zero-order valence-corrected chi connectivity index (χ0v) is 10.4. The number of nitrogens with two attached hydrogens (primary N) is 1. The first-order valence-electron chi connectivity index (χ1n) is 6.22. The van der Waals surface area contributed by atoms with Gasteiger partial charge < -0.3 is 20.7 Å². The molecule has 0 atom stereocenters. The Kier molecular flexibility index (Phi) is 4.41. The number of amides is 1. The van der Waals surface area contributed by atoms with E-state index in [4.69, 9.17) is 10.5 Å². The van der Waals surface area contributed by atoms with E-state index in [1.165, 1.54) is 5.69 Å². The van der Waals surface area contributed by atoms with Crippen molar-refractivity contribution in [3.63, 3.8) is 0 Å². The van der Waals surface area contributed by atoms with Crippen LogP contribution in [0.1, 0.15) is 5.56 Å². The van der Waals surface area contributed by atoms with Gasteiger partial charge in [-0.05, 0) is 17.7 Å². The SMILES string of the molecule is NC(=O)OCCc1ccc(N2CCNCC2)cc1. The van der Waals surface area contributed by atoms with E-state index in [0.29, 0.717) is 13.0 Å². The van der Waals surface area contributed by atoms with Crippen LogP contribution in [-0.2, 0) is 11.2 Å². The summed E-state index contributed by atoms with van der Waals surface area (Å²) in [6, 6.07) is 8.37. The summed E-state index contributed by atoms with van der Waals surface area (Å²) >= 11 is 0. The monoisotopic (exact) mass is 249 g/mol. The Morgan fingerprint density at radius 1 is 1.28 bits per heavy atom. The van der Waals surface area contributed by atoms with Gasteiger partial charge in [-0.25, -0.2) is 4.79 Å². The Bertz CT molecular complexity index is 386. The van der Waals surface area contributed by atoms with Crippen molar-refractivity contribution < 1.29 is 9.53 Å². The third-order valence-corrected chi connectivity index (χ3v) is 3.05. The lowest BCUT2D eigenvalue weighted by Crippen LogP contribution is -2.43. The molecule has 1 amide bonds. The van der Waals surface area contributed by atoms with Crippen molar-refractivity contribution in [1.29, 1.82) is 0 Å². The predicted molar refractivity (Wildman–Crippen MR) is 70.8 cm³/mol. The van der Waals surface area contributed by atoms with Crippen molar-refractivity contribution >= 4 is 11.8 Å². The number of hydrogen-bond acceptors (Lipinski definition) is 4. The van der Waals surface area contributed by atoms with Crippen LogP contribution < -0.4 is 16.0 Å². The van der Waals surface area contributed by atoms with E-state index < -0.39 is 6.09 Å². The first kappa shape index (κ1) is 12.7. The van der Waals surface area contributed by atoms with Crippen LogP contribution in [0, 0.1) is 0 Å². The molecule has 1 heterocycles. The Labute approximate surface area is 107 Å². The largest absolute Gasteiger partial charge is 0.449 e. The predicted octanol–water partition coefficient (Wildman–Crippen LogP) is 0.734. The van der Waals surface area contributed by atoms with Gasteiger partial charge in [-0.15, -0.1) is 0 Å².